The summed E-state index contributed by atoms with van der Waals surface area (Å²) in [6.07, 6.45) is -1.54. The Morgan fingerprint density at radius 3 is 1.79 bits per heavy atom. The number of nitrogens with two attached hydrogens (primary N) is 2. The number of aliphatic hydroxyl groups is 1. The smallest absolute Gasteiger partial charge is 0.328 e. The minimum atomic E-state index is -1.65. The highest BCUT2D eigenvalue weighted by Gasteiger charge is 2.33. The van der Waals surface area contributed by atoms with E-state index in [-0.39, 0.29) is 5.92 Å². The molecule has 0 aliphatic rings. The molecule has 0 aromatic carbocycles. The molecule has 0 radical (unpaired) electrons. The Bertz CT molecular complexity index is 623. The fourth-order valence-electron chi connectivity index (χ4n) is 2.30. The predicted molar refractivity (Wildman–Crippen MR) is 102 cm³/mol. The van der Waals surface area contributed by atoms with Crippen molar-refractivity contribution in [3.8, 4) is 0 Å². The van der Waals surface area contributed by atoms with Gasteiger partial charge in [0.15, 0.2) is 6.04 Å². The number of carboxylic acid groups (broad SMARTS) is 1. The summed E-state index contributed by atoms with van der Waals surface area (Å²) >= 11 is 0. The quantitative estimate of drug-likeness (QED) is 0.175. The molecule has 0 bridgehead atoms. The maximum absolute atomic E-state index is 12.7. The molecule has 0 aromatic heterocycles. The van der Waals surface area contributed by atoms with Crippen LogP contribution in [0.3, 0.4) is 0 Å². The zero-order chi connectivity index (χ0) is 22.9. The summed E-state index contributed by atoms with van der Waals surface area (Å²) < 4.78 is 0. The molecule has 29 heavy (non-hydrogen) atoms. The van der Waals surface area contributed by atoms with E-state index in [1.54, 1.807) is 13.8 Å². The van der Waals surface area contributed by atoms with Gasteiger partial charge in [-0.05, 0) is 19.8 Å². The zero-order valence-corrected chi connectivity index (χ0v) is 17.0. The molecule has 0 aromatic rings. The minimum Gasteiger partial charge on any atom is -0.480 e. The van der Waals surface area contributed by atoms with Crippen molar-refractivity contribution < 1.29 is 34.2 Å². The van der Waals surface area contributed by atoms with Crippen molar-refractivity contribution in [2.24, 2.45) is 17.4 Å². The third-order valence-electron chi connectivity index (χ3n) is 4.29. The lowest BCUT2D eigenvalue weighted by molar-refractivity contribution is -0.145. The first-order valence-corrected chi connectivity index (χ1v) is 9.17. The third kappa shape index (κ3) is 8.87. The highest BCUT2D eigenvalue weighted by Crippen LogP contribution is 2.09. The van der Waals surface area contributed by atoms with E-state index < -0.39 is 66.3 Å². The Kier molecular flexibility index (Phi) is 10.8. The van der Waals surface area contributed by atoms with Crippen LogP contribution in [0.5, 0.6) is 0 Å². The fraction of sp³-hybridized carbons (Fsp3) is 0.706. The van der Waals surface area contributed by atoms with Gasteiger partial charge in [0, 0.05) is 0 Å². The lowest BCUT2D eigenvalue weighted by Gasteiger charge is -2.27. The van der Waals surface area contributed by atoms with Crippen LogP contribution in [0, 0.1) is 5.92 Å². The average molecular weight is 417 g/mol. The van der Waals surface area contributed by atoms with Crippen molar-refractivity contribution in [3.05, 3.63) is 0 Å². The van der Waals surface area contributed by atoms with Crippen LogP contribution in [0.4, 0.5) is 0 Å². The minimum absolute atomic E-state index is 0.334. The van der Waals surface area contributed by atoms with E-state index >= 15 is 0 Å². The lowest BCUT2D eigenvalue weighted by atomic mass is 9.97. The summed E-state index contributed by atoms with van der Waals surface area (Å²) in [6, 6.07) is -5.08. The van der Waals surface area contributed by atoms with E-state index in [1.165, 1.54) is 6.92 Å². The number of hydrogen-bond donors (Lipinski definition) is 7. The number of aliphatic hydroxyl groups excluding tert-OH is 1. The molecule has 4 amide bonds. The summed E-state index contributed by atoms with van der Waals surface area (Å²) in [7, 11) is 0. The molecule has 0 heterocycles. The van der Waals surface area contributed by atoms with E-state index in [4.69, 9.17) is 16.6 Å². The van der Waals surface area contributed by atoms with Crippen molar-refractivity contribution >= 4 is 29.6 Å². The molecule has 166 valence electrons. The second-order valence-electron chi connectivity index (χ2n) is 6.96. The largest absolute Gasteiger partial charge is 0.480 e. The lowest BCUT2D eigenvalue weighted by Crippen LogP contribution is -2.59. The van der Waals surface area contributed by atoms with Crippen LogP contribution in [0.1, 0.15) is 40.5 Å². The Hall–Kier alpha value is -2.73. The number of carboxylic acids is 1. The molecule has 0 spiro atoms. The molecule has 12 nitrogen and oxygen atoms in total. The van der Waals surface area contributed by atoms with E-state index in [2.05, 4.69) is 10.6 Å². The van der Waals surface area contributed by atoms with Crippen molar-refractivity contribution in [1.29, 1.82) is 0 Å². The highest BCUT2D eigenvalue weighted by atomic mass is 16.4. The number of hydrogen-bond acceptors (Lipinski definition) is 7. The van der Waals surface area contributed by atoms with Gasteiger partial charge in [0.1, 0.15) is 12.1 Å². The van der Waals surface area contributed by atoms with Crippen molar-refractivity contribution in [3.63, 3.8) is 0 Å². The second-order valence-corrected chi connectivity index (χ2v) is 6.96. The van der Waals surface area contributed by atoms with Gasteiger partial charge in [-0.1, -0.05) is 20.3 Å². The molecule has 0 saturated carbocycles. The molecule has 0 aliphatic carbocycles. The molecule has 0 rings (SSSR count). The number of carbonyl (C=O) groups is 5. The molecule has 0 fully saturated rings. The SMILES string of the molecule is CCC(C)C(NC(=O)C(C)N)C(=O)NC(CC(N)=O)C(=O)NC(C(=O)O)C(C)O. The molecular formula is C17H31N5O7. The van der Waals surface area contributed by atoms with E-state index in [9.17, 15) is 29.1 Å². The van der Waals surface area contributed by atoms with Crippen molar-refractivity contribution in [2.75, 3.05) is 0 Å². The first-order valence-electron chi connectivity index (χ1n) is 9.17. The number of aliphatic carboxylic acids is 1. The van der Waals surface area contributed by atoms with Crippen LogP contribution < -0.4 is 27.4 Å². The zero-order valence-electron chi connectivity index (χ0n) is 17.0. The molecule has 6 unspecified atom stereocenters. The maximum atomic E-state index is 12.7. The topological polar surface area (TPSA) is 214 Å². The normalized spacial score (nSPS) is 17.0. The van der Waals surface area contributed by atoms with Crippen molar-refractivity contribution in [1.82, 2.24) is 16.0 Å². The van der Waals surface area contributed by atoms with Crippen LogP contribution in [0.15, 0.2) is 0 Å². The van der Waals surface area contributed by atoms with Crippen LogP contribution >= 0.6 is 0 Å². The van der Waals surface area contributed by atoms with Gasteiger partial charge in [0.25, 0.3) is 0 Å². The third-order valence-corrected chi connectivity index (χ3v) is 4.29. The molecular weight excluding hydrogens is 386 g/mol. The number of rotatable bonds is 12. The summed E-state index contributed by atoms with van der Waals surface area (Å²) in [5.74, 6) is -5.13. The predicted octanol–water partition coefficient (Wildman–Crippen LogP) is -2.83. The first-order chi connectivity index (χ1) is 13.3. The summed E-state index contributed by atoms with van der Waals surface area (Å²) in [6.45, 7) is 6.08. The highest BCUT2D eigenvalue weighted by molar-refractivity contribution is 5.96. The van der Waals surface area contributed by atoms with Crippen molar-refractivity contribution in [2.45, 2.75) is 70.8 Å². The Morgan fingerprint density at radius 1 is 0.897 bits per heavy atom. The summed E-state index contributed by atoms with van der Waals surface area (Å²) in [5, 5.41) is 25.4. The second kappa shape index (κ2) is 12.0. The summed E-state index contributed by atoms with van der Waals surface area (Å²) in [5.41, 5.74) is 10.6. The molecule has 12 heteroatoms. The van der Waals surface area contributed by atoms with E-state index in [0.717, 1.165) is 6.92 Å². The van der Waals surface area contributed by atoms with Gasteiger partial charge in [-0.3, -0.25) is 19.2 Å². The Labute approximate surface area is 168 Å². The van der Waals surface area contributed by atoms with Gasteiger partial charge in [0.05, 0.1) is 18.6 Å². The van der Waals surface area contributed by atoms with E-state index in [0.29, 0.717) is 6.42 Å². The van der Waals surface area contributed by atoms with Gasteiger partial charge < -0.3 is 37.6 Å². The monoisotopic (exact) mass is 417 g/mol. The number of carbonyl (C=O) groups excluding carboxylic acids is 4. The average Bonchev–Trinajstić information content (AvgIpc) is 2.61. The van der Waals surface area contributed by atoms with Gasteiger partial charge in [-0.25, -0.2) is 4.79 Å². The standard InChI is InChI=1S/C17H31N5O7/c1-5-7(2)12(21-14(25)8(3)18)16(27)20-10(6-11(19)24)15(26)22-13(9(4)23)17(28)29/h7-10,12-13,23H,5-6,18H2,1-4H3,(H2,19,24)(H,20,27)(H,21,25)(H,22,26)(H,28,29). The molecule has 9 N–H and O–H groups in total. The first kappa shape index (κ1) is 26.3. The Balaban J connectivity index is 5.51. The maximum Gasteiger partial charge on any atom is 0.328 e. The van der Waals surface area contributed by atoms with Crippen LogP contribution in [-0.2, 0) is 24.0 Å². The van der Waals surface area contributed by atoms with E-state index in [1.807, 2.05) is 5.32 Å². The van der Waals surface area contributed by atoms with Gasteiger partial charge in [-0.2, -0.15) is 0 Å². The van der Waals surface area contributed by atoms with Gasteiger partial charge >= 0.3 is 5.97 Å². The van der Waals surface area contributed by atoms with Crippen LogP contribution in [0.25, 0.3) is 0 Å². The summed E-state index contributed by atoms with van der Waals surface area (Å²) in [4.78, 5) is 59.5. The van der Waals surface area contributed by atoms with Gasteiger partial charge in [-0.15, -0.1) is 0 Å². The van der Waals surface area contributed by atoms with Crippen LogP contribution in [-0.4, -0.2) is 70.1 Å². The number of primary amides is 1. The molecule has 0 aliphatic heterocycles. The van der Waals surface area contributed by atoms with Gasteiger partial charge in [0.2, 0.25) is 23.6 Å². The molecule has 0 saturated heterocycles. The van der Waals surface area contributed by atoms with Crippen LogP contribution in [0.2, 0.25) is 0 Å². The Morgan fingerprint density at radius 2 is 1.41 bits per heavy atom. The number of nitrogens with one attached hydrogen (secondary N) is 3. The fourth-order valence-corrected chi connectivity index (χ4v) is 2.30. The molecule has 6 atom stereocenters. The number of amides is 4.